The van der Waals surface area contributed by atoms with Gasteiger partial charge in [-0.3, -0.25) is 10.1 Å². The van der Waals surface area contributed by atoms with Crippen LogP contribution < -0.4 is 5.32 Å². The average molecular weight is 296 g/mol. The fourth-order valence-corrected chi connectivity index (χ4v) is 3.56. The Hall–Kier alpha value is -2.40. The molecule has 22 heavy (non-hydrogen) atoms. The van der Waals surface area contributed by atoms with Crippen molar-refractivity contribution in [2.75, 3.05) is 11.9 Å². The van der Waals surface area contributed by atoms with Gasteiger partial charge in [0, 0.05) is 35.9 Å². The van der Waals surface area contributed by atoms with Crippen molar-refractivity contribution in [3.63, 3.8) is 0 Å². The first-order chi connectivity index (χ1) is 10.7. The van der Waals surface area contributed by atoms with Gasteiger partial charge in [-0.15, -0.1) is 0 Å². The number of rotatable bonds is 2. The highest BCUT2D eigenvalue weighted by molar-refractivity contribution is 5.60. The van der Waals surface area contributed by atoms with Gasteiger partial charge in [0.25, 0.3) is 5.69 Å². The van der Waals surface area contributed by atoms with Crippen LogP contribution in [0.3, 0.4) is 0 Å². The monoisotopic (exact) mass is 296 g/mol. The van der Waals surface area contributed by atoms with E-state index in [0.717, 1.165) is 17.7 Å². The molecule has 3 atom stereocenters. The summed E-state index contributed by atoms with van der Waals surface area (Å²) in [4.78, 5) is 10.7. The molecule has 0 aromatic heterocycles. The molecule has 2 aromatic rings. The summed E-state index contributed by atoms with van der Waals surface area (Å²) in [6.45, 7) is 0.697. The summed E-state index contributed by atoms with van der Waals surface area (Å²) < 4.78 is 5.91. The van der Waals surface area contributed by atoms with Gasteiger partial charge in [0.15, 0.2) is 0 Å². The van der Waals surface area contributed by atoms with Crippen molar-refractivity contribution in [2.45, 2.75) is 18.6 Å². The maximum atomic E-state index is 11.0. The third-order valence-corrected chi connectivity index (χ3v) is 4.59. The molecule has 2 aliphatic heterocycles. The highest BCUT2D eigenvalue weighted by Crippen LogP contribution is 2.50. The Morgan fingerprint density at radius 2 is 2.00 bits per heavy atom. The van der Waals surface area contributed by atoms with E-state index < -0.39 is 0 Å². The molecule has 1 fully saturated rings. The highest BCUT2D eigenvalue weighted by Gasteiger charge is 2.41. The zero-order chi connectivity index (χ0) is 15.1. The molecule has 2 aromatic carbocycles. The largest absolute Gasteiger partial charge is 0.378 e. The smallest absolute Gasteiger partial charge is 0.269 e. The van der Waals surface area contributed by atoms with E-state index in [2.05, 4.69) is 17.4 Å². The van der Waals surface area contributed by atoms with Crippen LogP contribution in [0.4, 0.5) is 11.4 Å². The lowest BCUT2D eigenvalue weighted by Gasteiger charge is -2.36. The fraction of sp³-hybridized carbons (Fsp3) is 0.294. The lowest BCUT2D eigenvalue weighted by atomic mass is 9.81. The Labute approximate surface area is 128 Å². The van der Waals surface area contributed by atoms with E-state index in [9.17, 15) is 10.1 Å². The minimum atomic E-state index is -0.354. The number of nitrogens with one attached hydrogen (secondary N) is 1. The van der Waals surface area contributed by atoms with Gasteiger partial charge in [0.1, 0.15) is 0 Å². The van der Waals surface area contributed by atoms with Crippen molar-refractivity contribution >= 4 is 11.4 Å². The molecule has 112 valence electrons. The number of nitro groups is 1. The lowest BCUT2D eigenvalue weighted by Crippen LogP contribution is -2.29. The van der Waals surface area contributed by atoms with Crippen molar-refractivity contribution in [3.8, 4) is 0 Å². The number of anilines is 1. The summed E-state index contributed by atoms with van der Waals surface area (Å²) in [6, 6.07) is 15.5. The molecule has 0 unspecified atom stereocenters. The van der Waals surface area contributed by atoms with E-state index in [1.165, 1.54) is 5.56 Å². The van der Waals surface area contributed by atoms with E-state index in [1.54, 1.807) is 18.2 Å². The van der Waals surface area contributed by atoms with Crippen molar-refractivity contribution < 1.29 is 9.66 Å². The standard InChI is InChI=1S/C17H16N2O3/c20-19(21)12-6-7-15-14(10-12)17-13(8-9-22-17)16(18-15)11-4-2-1-3-5-11/h1-7,10,13,16-18H,8-9H2/t13-,16+,17-/m1/s1. The van der Waals surface area contributed by atoms with Crippen LogP contribution >= 0.6 is 0 Å². The molecule has 4 rings (SSSR count). The Morgan fingerprint density at radius 1 is 1.18 bits per heavy atom. The molecular formula is C17H16N2O3. The summed E-state index contributed by atoms with van der Waals surface area (Å²) in [5.41, 5.74) is 3.19. The first-order valence-corrected chi connectivity index (χ1v) is 7.45. The lowest BCUT2D eigenvalue weighted by molar-refractivity contribution is -0.385. The maximum Gasteiger partial charge on any atom is 0.269 e. The number of ether oxygens (including phenoxy) is 1. The minimum Gasteiger partial charge on any atom is -0.378 e. The number of benzene rings is 2. The second-order valence-corrected chi connectivity index (χ2v) is 5.81. The molecule has 2 heterocycles. The van der Waals surface area contributed by atoms with E-state index in [-0.39, 0.29) is 22.8 Å². The molecule has 0 spiro atoms. The van der Waals surface area contributed by atoms with Gasteiger partial charge in [-0.25, -0.2) is 0 Å². The third kappa shape index (κ3) is 2.05. The Kier molecular flexibility index (Phi) is 3.08. The van der Waals surface area contributed by atoms with E-state index in [4.69, 9.17) is 4.74 Å². The van der Waals surface area contributed by atoms with Crippen LogP contribution in [-0.2, 0) is 4.74 Å². The van der Waals surface area contributed by atoms with Gasteiger partial charge in [-0.05, 0) is 18.1 Å². The Balaban J connectivity index is 1.78. The predicted molar refractivity (Wildman–Crippen MR) is 82.7 cm³/mol. The maximum absolute atomic E-state index is 11.0. The van der Waals surface area contributed by atoms with Crippen LogP contribution in [0.5, 0.6) is 0 Å². The average Bonchev–Trinajstić information content (AvgIpc) is 3.04. The number of hydrogen-bond acceptors (Lipinski definition) is 4. The molecule has 0 amide bonds. The number of hydrogen-bond donors (Lipinski definition) is 1. The van der Waals surface area contributed by atoms with Gasteiger partial charge >= 0.3 is 0 Å². The summed E-state index contributed by atoms with van der Waals surface area (Å²) in [7, 11) is 0. The van der Waals surface area contributed by atoms with Crippen LogP contribution in [0.25, 0.3) is 0 Å². The SMILES string of the molecule is O=[N+]([O-])c1ccc2c(c1)[C@@H]1OCC[C@@H]1[C@H](c1ccccc1)N2. The molecule has 0 radical (unpaired) electrons. The van der Waals surface area contributed by atoms with Crippen LogP contribution in [-0.4, -0.2) is 11.5 Å². The van der Waals surface area contributed by atoms with Crippen molar-refractivity contribution in [3.05, 3.63) is 69.8 Å². The van der Waals surface area contributed by atoms with E-state index in [0.29, 0.717) is 12.5 Å². The minimum absolute atomic E-state index is 0.0682. The number of nitro benzene ring substituents is 1. The van der Waals surface area contributed by atoms with E-state index >= 15 is 0 Å². The van der Waals surface area contributed by atoms with Gasteiger partial charge in [0.2, 0.25) is 0 Å². The van der Waals surface area contributed by atoms with Crippen LogP contribution in [0.1, 0.15) is 29.7 Å². The summed E-state index contributed by atoms with van der Waals surface area (Å²) in [5.74, 6) is 0.303. The second-order valence-electron chi connectivity index (χ2n) is 5.81. The summed E-state index contributed by atoms with van der Waals surface area (Å²) >= 11 is 0. The van der Waals surface area contributed by atoms with Crippen LogP contribution in [0.15, 0.2) is 48.5 Å². The topological polar surface area (TPSA) is 64.4 Å². The molecule has 5 heteroatoms. The van der Waals surface area contributed by atoms with Crippen LogP contribution in [0, 0.1) is 16.0 Å². The molecule has 2 aliphatic rings. The molecule has 0 bridgehead atoms. The molecule has 0 aliphatic carbocycles. The van der Waals surface area contributed by atoms with Gasteiger partial charge < -0.3 is 10.1 Å². The predicted octanol–water partition coefficient (Wildman–Crippen LogP) is 3.84. The van der Waals surface area contributed by atoms with Gasteiger partial charge in [-0.2, -0.15) is 0 Å². The second kappa shape index (κ2) is 5.10. The quantitative estimate of drug-likeness (QED) is 0.675. The number of fused-ring (bicyclic) bond motifs is 3. The van der Waals surface area contributed by atoms with Crippen molar-refractivity contribution in [1.82, 2.24) is 0 Å². The van der Waals surface area contributed by atoms with Gasteiger partial charge in [-0.1, -0.05) is 30.3 Å². The summed E-state index contributed by atoms with van der Waals surface area (Å²) in [5, 5.41) is 14.6. The Bertz CT molecular complexity index is 717. The summed E-state index contributed by atoms with van der Waals surface area (Å²) in [6.07, 6.45) is 0.890. The molecule has 1 N–H and O–H groups in total. The number of non-ortho nitro benzene ring substituents is 1. The zero-order valence-corrected chi connectivity index (χ0v) is 11.9. The molecule has 1 saturated heterocycles. The fourth-order valence-electron chi connectivity index (χ4n) is 3.56. The highest BCUT2D eigenvalue weighted by atomic mass is 16.6. The van der Waals surface area contributed by atoms with Gasteiger partial charge in [0.05, 0.1) is 17.1 Å². The van der Waals surface area contributed by atoms with Crippen LogP contribution in [0.2, 0.25) is 0 Å². The van der Waals surface area contributed by atoms with Crippen molar-refractivity contribution in [2.24, 2.45) is 5.92 Å². The Morgan fingerprint density at radius 3 is 2.77 bits per heavy atom. The number of nitrogens with zero attached hydrogens (tertiary/aromatic N) is 1. The molecule has 0 saturated carbocycles. The zero-order valence-electron chi connectivity index (χ0n) is 11.9. The van der Waals surface area contributed by atoms with E-state index in [1.807, 2.05) is 18.2 Å². The third-order valence-electron chi connectivity index (χ3n) is 4.59. The molecular weight excluding hydrogens is 280 g/mol. The first-order valence-electron chi connectivity index (χ1n) is 7.45. The first kappa shape index (κ1) is 13.3. The molecule has 5 nitrogen and oxygen atoms in total. The van der Waals surface area contributed by atoms with Crippen molar-refractivity contribution in [1.29, 1.82) is 0 Å². The normalized spacial score (nSPS) is 25.9.